The SMILES string of the molecule is CCOc1ccc(N2C(=O)C(C)NC(=O)C2CC)cc1F. The minimum Gasteiger partial charge on any atom is -0.491 e. The molecule has 114 valence electrons. The topological polar surface area (TPSA) is 58.6 Å². The van der Waals surface area contributed by atoms with Crippen LogP contribution in [0.1, 0.15) is 27.2 Å². The molecule has 0 radical (unpaired) electrons. The van der Waals surface area contributed by atoms with Crippen molar-refractivity contribution in [2.24, 2.45) is 0 Å². The largest absolute Gasteiger partial charge is 0.491 e. The number of ether oxygens (including phenoxy) is 1. The van der Waals surface area contributed by atoms with Gasteiger partial charge >= 0.3 is 0 Å². The molecule has 1 N–H and O–H groups in total. The van der Waals surface area contributed by atoms with Gasteiger partial charge in [-0.2, -0.15) is 0 Å². The number of hydrogen-bond acceptors (Lipinski definition) is 3. The van der Waals surface area contributed by atoms with Crippen molar-refractivity contribution in [3.63, 3.8) is 0 Å². The lowest BCUT2D eigenvalue weighted by Crippen LogP contribution is -2.62. The van der Waals surface area contributed by atoms with Crippen molar-refractivity contribution < 1.29 is 18.7 Å². The van der Waals surface area contributed by atoms with E-state index in [1.807, 2.05) is 6.92 Å². The van der Waals surface area contributed by atoms with E-state index < -0.39 is 17.9 Å². The van der Waals surface area contributed by atoms with Crippen molar-refractivity contribution in [2.75, 3.05) is 11.5 Å². The fourth-order valence-electron chi connectivity index (χ4n) is 2.44. The molecule has 0 bridgehead atoms. The summed E-state index contributed by atoms with van der Waals surface area (Å²) in [4.78, 5) is 25.7. The highest BCUT2D eigenvalue weighted by atomic mass is 19.1. The predicted molar refractivity (Wildman–Crippen MR) is 76.7 cm³/mol. The van der Waals surface area contributed by atoms with Crippen molar-refractivity contribution in [2.45, 2.75) is 39.3 Å². The molecular formula is C15H19FN2O3. The first-order chi connectivity index (χ1) is 9.99. The highest BCUT2D eigenvalue weighted by Crippen LogP contribution is 2.28. The number of carbonyl (C=O) groups excluding carboxylic acids is 2. The molecule has 1 aliphatic heterocycles. The summed E-state index contributed by atoms with van der Waals surface area (Å²) >= 11 is 0. The molecule has 1 aliphatic rings. The van der Waals surface area contributed by atoms with E-state index in [4.69, 9.17) is 4.74 Å². The summed E-state index contributed by atoms with van der Waals surface area (Å²) in [7, 11) is 0. The van der Waals surface area contributed by atoms with Crippen LogP contribution in [-0.2, 0) is 9.59 Å². The van der Waals surface area contributed by atoms with Gasteiger partial charge in [-0.3, -0.25) is 14.5 Å². The second-order valence-corrected chi connectivity index (χ2v) is 4.91. The third-order valence-corrected chi connectivity index (χ3v) is 3.46. The Hall–Kier alpha value is -2.11. The Morgan fingerprint density at radius 1 is 1.33 bits per heavy atom. The normalized spacial score (nSPS) is 22.2. The molecule has 2 unspecified atom stereocenters. The van der Waals surface area contributed by atoms with Crippen LogP contribution < -0.4 is 15.0 Å². The first-order valence-corrected chi connectivity index (χ1v) is 7.05. The van der Waals surface area contributed by atoms with E-state index in [1.54, 1.807) is 19.9 Å². The van der Waals surface area contributed by atoms with Crippen molar-refractivity contribution in [1.29, 1.82) is 0 Å². The maximum absolute atomic E-state index is 14.0. The predicted octanol–water partition coefficient (Wildman–Crippen LogP) is 1.85. The van der Waals surface area contributed by atoms with E-state index in [0.717, 1.165) is 0 Å². The van der Waals surface area contributed by atoms with Gasteiger partial charge in [0, 0.05) is 11.8 Å². The van der Waals surface area contributed by atoms with Crippen LogP contribution in [0.15, 0.2) is 18.2 Å². The van der Waals surface area contributed by atoms with Crippen LogP contribution >= 0.6 is 0 Å². The number of hydrogen-bond donors (Lipinski definition) is 1. The summed E-state index contributed by atoms with van der Waals surface area (Å²) in [5.74, 6) is -0.879. The van der Waals surface area contributed by atoms with Gasteiger partial charge in [0.2, 0.25) is 11.8 Å². The highest BCUT2D eigenvalue weighted by Gasteiger charge is 2.38. The number of carbonyl (C=O) groups is 2. The quantitative estimate of drug-likeness (QED) is 0.922. The van der Waals surface area contributed by atoms with Gasteiger partial charge in [-0.05, 0) is 32.4 Å². The molecular weight excluding hydrogens is 275 g/mol. The van der Waals surface area contributed by atoms with E-state index in [1.165, 1.54) is 17.0 Å². The van der Waals surface area contributed by atoms with Crippen LogP contribution in [-0.4, -0.2) is 30.5 Å². The van der Waals surface area contributed by atoms with E-state index in [9.17, 15) is 14.0 Å². The lowest BCUT2D eigenvalue weighted by molar-refractivity contribution is -0.133. The van der Waals surface area contributed by atoms with Gasteiger partial charge in [-0.25, -0.2) is 4.39 Å². The number of nitrogens with zero attached hydrogens (tertiary/aromatic N) is 1. The molecule has 0 saturated carbocycles. The summed E-state index contributed by atoms with van der Waals surface area (Å²) in [6.07, 6.45) is 0.457. The molecule has 1 heterocycles. The van der Waals surface area contributed by atoms with Gasteiger partial charge < -0.3 is 10.1 Å². The minimum atomic E-state index is -0.619. The van der Waals surface area contributed by atoms with Crippen LogP contribution in [0.5, 0.6) is 5.75 Å². The van der Waals surface area contributed by atoms with E-state index in [0.29, 0.717) is 18.7 Å². The first-order valence-electron chi connectivity index (χ1n) is 7.05. The third-order valence-electron chi connectivity index (χ3n) is 3.46. The number of amides is 2. The van der Waals surface area contributed by atoms with Crippen LogP contribution in [0.25, 0.3) is 0 Å². The Morgan fingerprint density at radius 3 is 2.62 bits per heavy atom. The van der Waals surface area contributed by atoms with Crippen molar-refractivity contribution in [3.05, 3.63) is 24.0 Å². The zero-order chi connectivity index (χ0) is 15.6. The van der Waals surface area contributed by atoms with Gasteiger partial charge in [0.25, 0.3) is 0 Å². The highest BCUT2D eigenvalue weighted by molar-refractivity contribution is 6.08. The van der Waals surface area contributed by atoms with Gasteiger partial charge in [0.1, 0.15) is 12.1 Å². The van der Waals surface area contributed by atoms with Gasteiger partial charge in [-0.1, -0.05) is 6.92 Å². The maximum atomic E-state index is 14.0. The van der Waals surface area contributed by atoms with Gasteiger partial charge in [0.15, 0.2) is 11.6 Å². The number of anilines is 1. The van der Waals surface area contributed by atoms with Crippen LogP contribution in [0, 0.1) is 5.82 Å². The molecule has 0 spiro atoms. The summed E-state index contributed by atoms with van der Waals surface area (Å²) in [6, 6.07) is 3.07. The lowest BCUT2D eigenvalue weighted by Gasteiger charge is -2.37. The Labute approximate surface area is 123 Å². The van der Waals surface area contributed by atoms with Gasteiger partial charge in [0.05, 0.1) is 6.61 Å². The summed E-state index contributed by atoms with van der Waals surface area (Å²) in [5, 5.41) is 2.63. The zero-order valence-electron chi connectivity index (χ0n) is 12.4. The Bertz CT molecular complexity index is 562. The van der Waals surface area contributed by atoms with Crippen molar-refractivity contribution in [3.8, 4) is 5.75 Å². The molecule has 21 heavy (non-hydrogen) atoms. The molecule has 2 amide bonds. The van der Waals surface area contributed by atoms with Crippen LogP contribution in [0.4, 0.5) is 10.1 Å². The third kappa shape index (κ3) is 2.84. The van der Waals surface area contributed by atoms with Crippen molar-refractivity contribution in [1.82, 2.24) is 5.32 Å². The Morgan fingerprint density at radius 2 is 2.05 bits per heavy atom. The molecule has 2 atom stereocenters. The molecule has 1 saturated heterocycles. The maximum Gasteiger partial charge on any atom is 0.250 e. The molecule has 0 aromatic heterocycles. The molecule has 1 aromatic carbocycles. The summed E-state index contributed by atoms with van der Waals surface area (Å²) in [6.45, 7) is 5.55. The average Bonchev–Trinajstić information content (AvgIpc) is 2.45. The molecule has 6 heteroatoms. The lowest BCUT2D eigenvalue weighted by atomic mass is 10.0. The van der Waals surface area contributed by atoms with E-state index in [-0.39, 0.29) is 17.6 Å². The molecule has 5 nitrogen and oxygen atoms in total. The minimum absolute atomic E-state index is 0.135. The fraction of sp³-hybridized carbons (Fsp3) is 0.467. The van der Waals surface area contributed by atoms with E-state index >= 15 is 0 Å². The first kappa shape index (κ1) is 15.3. The molecule has 1 fully saturated rings. The molecule has 2 rings (SSSR count). The fourth-order valence-corrected chi connectivity index (χ4v) is 2.44. The Kier molecular flexibility index (Phi) is 4.45. The van der Waals surface area contributed by atoms with E-state index in [2.05, 4.69) is 5.32 Å². The van der Waals surface area contributed by atoms with Crippen LogP contribution in [0.3, 0.4) is 0 Å². The number of halogens is 1. The number of piperazine rings is 1. The smallest absolute Gasteiger partial charge is 0.250 e. The second kappa shape index (κ2) is 6.11. The van der Waals surface area contributed by atoms with Crippen molar-refractivity contribution >= 4 is 17.5 Å². The monoisotopic (exact) mass is 294 g/mol. The van der Waals surface area contributed by atoms with Gasteiger partial charge in [-0.15, -0.1) is 0 Å². The number of nitrogens with one attached hydrogen (secondary N) is 1. The number of benzene rings is 1. The average molecular weight is 294 g/mol. The number of rotatable bonds is 4. The molecule has 1 aromatic rings. The van der Waals surface area contributed by atoms with Crippen LogP contribution in [0.2, 0.25) is 0 Å². The summed E-state index contributed by atoms with van der Waals surface area (Å²) in [5.41, 5.74) is 0.370. The standard InChI is InChI=1S/C15H19FN2O3/c1-4-12-14(19)17-9(3)15(20)18(12)10-6-7-13(21-5-2)11(16)8-10/h6-9,12H,4-5H2,1-3H3,(H,17,19). The summed E-state index contributed by atoms with van der Waals surface area (Å²) < 4.78 is 19.1. The zero-order valence-corrected chi connectivity index (χ0v) is 12.4. The Balaban J connectivity index is 2.39. The molecule has 0 aliphatic carbocycles. The second-order valence-electron chi connectivity index (χ2n) is 4.91.